The molecule has 0 aliphatic carbocycles. The first-order valence-electron chi connectivity index (χ1n) is 3.06. The number of piperazine rings is 1. The van der Waals surface area contributed by atoms with Crippen LogP contribution in [-0.4, -0.2) is 47.0 Å². The molecule has 9 heavy (non-hydrogen) atoms. The summed E-state index contributed by atoms with van der Waals surface area (Å²) < 4.78 is 2.24. The SMILES string of the molecule is CSN1CCN(O)CC1. The smallest absolute Gasteiger partial charge is 0.0375 e. The molecule has 1 N–H and O–H groups in total. The summed E-state index contributed by atoms with van der Waals surface area (Å²) in [6, 6.07) is 0. The van der Waals surface area contributed by atoms with Crippen LogP contribution in [0.1, 0.15) is 0 Å². The number of hydroxylamine groups is 2. The fraction of sp³-hybridized carbons (Fsp3) is 1.00. The molecule has 54 valence electrons. The molecule has 1 aliphatic heterocycles. The highest BCUT2D eigenvalue weighted by molar-refractivity contribution is 7.96. The van der Waals surface area contributed by atoms with E-state index in [9.17, 15) is 0 Å². The lowest BCUT2D eigenvalue weighted by Gasteiger charge is -2.28. The molecule has 4 heteroatoms. The third-order valence-electron chi connectivity index (χ3n) is 1.47. The van der Waals surface area contributed by atoms with Crippen LogP contribution >= 0.6 is 11.9 Å². The van der Waals surface area contributed by atoms with Gasteiger partial charge in [-0.05, 0) is 6.26 Å². The van der Waals surface area contributed by atoms with Gasteiger partial charge in [-0.15, -0.1) is 0 Å². The maximum absolute atomic E-state index is 8.92. The summed E-state index contributed by atoms with van der Waals surface area (Å²) in [5.41, 5.74) is 0. The number of hydrogen-bond acceptors (Lipinski definition) is 4. The van der Waals surface area contributed by atoms with Gasteiger partial charge >= 0.3 is 0 Å². The van der Waals surface area contributed by atoms with E-state index in [1.807, 2.05) is 0 Å². The standard InChI is InChI=1S/C5H12N2OS/c1-9-7-4-2-6(8)3-5-7/h8H,2-5H2,1H3. The second-order valence-electron chi connectivity index (χ2n) is 2.07. The highest BCUT2D eigenvalue weighted by atomic mass is 32.2. The van der Waals surface area contributed by atoms with Gasteiger partial charge in [0.25, 0.3) is 0 Å². The van der Waals surface area contributed by atoms with Crippen molar-refractivity contribution >= 4 is 11.9 Å². The molecule has 1 rings (SSSR count). The Bertz CT molecular complexity index is 83.0. The first-order chi connectivity index (χ1) is 4.33. The molecule has 1 fully saturated rings. The lowest BCUT2D eigenvalue weighted by atomic mass is 10.4. The van der Waals surface area contributed by atoms with Crippen LogP contribution in [0.25, 0.3) is 0 Å². The van der Waals surface area contributed by atoms with Crippen molar-refractivity contribution < 1.29 is 5.21 Å². The van der Waals surface area contributed by atoms with Crippen LogP contribution in [0, 0.1) is 0 Å². The van der Waals surface area contributed by atoms with Crippen LogP contribution in [0.15, 0.2) is 0 Å². The second-order valence-corrected chi connectivity index (χ2v) is 2.95. The Morgan fingerprint density at radius 3 is 2.22 bits per heavy atom. The Balaban J connectivity index is 2.18. The van der Waals surface area contributed by atoms with Crippen LogP contribution in [0.2, 0.25) is 0 Å². The van der Waals surface area contributed by atoms with Gasteiger partial charge in [0.1, 0.15) is 0 Å². The Morgan fingerprint density at radius 2 is 1.78 bits per heavy atom. The van der Waals surface area contributed by atoms with Crippen LogP contribution in [0.3, 0.4) is 0 Å². The largest absolute Gasteiger partial charge is 0.314 e. The van der Waals surface area contributed by atoms with E-state index in [1.54, 1.807) is 11.9 Å². The van der Waals surface area contributed by atoms with Crippen molar-refractivity contribution in [1.82, 2.24) is 9.37 Å². The number of hydrogen-bond donors (Lipinski definition) is 1. The van der Waals surface area contributed by atoms with Gasteiger partial charge in [0.15, 0.2) is 0 Å². The van der Waals surface area contributed by atoms with E-state index in [4.69, 9.17) is 5.21 Å². The molecule has 0 amide bonds. The summed E-state index contributed by atoms with van der Waals surface area (Å²) in [4.78, 5) is 0. The lowest BCUT2D eigenvalue weighted by molar-refractivity contribution is -0.107. The van der Waals surface area contributed by atoms with Gasteiger partial charge in [0.2, 0.25) is 0 Å². The third kappa shape index (κ3) is 2.14. The topological polar surface area (TPSA) is 26.7 Å². The van der Waals surface area contributed by atoms with Crippen LogP contribution in [0.4, 0.5) is 0 Å². The summed E-state index contributed by atoms with van der Waals surface area (Å²) >= 11 is 1.74. The van der Waals surface area contributed by atoms with E-state index >= 15 is 0 Å². The van der Waals surface area contributed by atoms with E-state index < -0.39 is 0 Å². The number of rotatable bonds is 1. The average Bonchev–Trinajstić information content (AvgIpc) is 1.90. The Morgan fingerprint density at radius 1 is 1.22 bits per heavy atom. The van der Waals surface area contributed by atoms with Crippen molar-refractivity contribution in [2.24, 2.45) is 0 Å². The molecule has 0 aromatic rings. The van der Waals surface area contributed by atoms with Gasteiger partial charge in [-0.25, -0.2) is 4.31 Å². The lowest BCUT2D eigenvalue weighted by Crippen LogP contribution is -2.41. The minimum Gasteiger partial charge on any atom is -0.314 e. The van der Waals surface area contributed by atoms with Crippen LogP contribution < -0.4 is 0 Å². The highest BCUT2D eigenvalue weighted by Crippen LogP contribution is 2.07. The van der Waals surface area contributed by atoms with Gasteiger partial charge in [-0.1, -0.05) is 11.9 Å². The maximum Gasteiger partial charge on any atom is 0.0375 e. The van der Waals surface area contributed by atoms with Crippen molar-refractivity contribution in [1.29, 1.82) is 0 Å². The fourth-order valence-corrected chi connectivity index (χ4v) is 1.39. The molecule has 0 bridgehead atoms. The molecule has 3 nitrogen and oxygen atoms in total. The Kier molecular flexibility index (Phi) is 2.78. The zero-order chi connectivity index (χ0) is 6.69. The fourth-order valence-electron chi connectivity index (χ4n) is 0.860. The molecule has 1 heterocycles. The molecule has 0 radical (unpaired) electrons. The first-order valence-corrected chi connectivity index (χ1v) is 4.24. The van der Waals surface area contributed by atoms with Gasteiger partial charge in [-0.2, -0.15) is 5.06 Å². The summed E-state index contributed by atoms with van der Waals surface area (Å²) in [5, 5.41) is 10.3. The van der Waals surface area contributed by atoms with Crippen molar-refractivity contribution in [2.75, 3.05) is 32.4 Å². The molecule has 1 aliphatic rings. The summed E-state index contributed by atoms with van der Waals surface area (Å²) in [7, 11) is 0. The Labute approximate surface area is 59.7 Å². The van der Waals surface area contributed by atoms with Gasteiger partial charge < -0.3 is 5.21 Å². The van der Waals surface area contributed by atoms with Crippen LogP contribution in [-0.2, 0) is 0 Å². The highest BCUT2D eigenvalue weighted by Gasteiger charge is 2.12. The van der Waals surface area contributed by atoms with Crippen molar-refractivity contribution in [3.8, 4) is 0 Å². The van der Waals surface area contributed by atoms with Crippen molar-refractivity contribution in [2.45, 2.75) is 0 Å². The molecule has 0 saturated carbocycles. The third-order valence-corrected chi connectivity index (χ3v) is 2.35. The monoisotopic (exact) mass is 148 g/mol. The molecular formula is C5H12N2OS. The van der Waals surface area contributed by atoms with E-state index in [0.717, 1.165) is 26.2 Å². The minimum absolute atomic E-state index is 0.779. The van der Waals surface area contributed by atoms with E-state index in [0.29, 0.717) is 0 Å². The first kappa shape index (κ1) is 7.34. The Hall–Kier alpha value is 0.230. The summed E-state index contributed by atoms with van der Waals surface area (Å²) in [6.45, 7) is 3.50. The molecule has 0 aromatic heterocycles. The quantitative estimate of drug-likeness (QED) is 0.540. The predicted molar refractivity (Wildman–Crippen MR) is 38.4 cm³/mol. The number of nitrogens with zero attached hydrogens (tertiary/aromatic N) is 2. The zero-order valence-corrected chi connectivity index (χ0v) is 6.39. The van der Waals surface area contributed by atoms with Crippen molar-refractivity contribution in [3.05, 3.63) is 0 Å². The minimum atomic E-state index is 0.779. The molecule has 0 unspecified atom stereocenters. The molecule has 0 spiro atoms. The van der Waals surface area contributed by atoms with Gasteiger partial charge in [0, 0.05) is 26.2 Å². The normalized spacial score (nSPS) is 24.7. The zero-order valence-electron chi connectivity index (χ0n) is 5.58. The summed E-state index contributed by atoms with van der Waals surface area (Å²) in [6.07, 6.45) is 2.06. The molecule has 0 aromatic carbocycles. The van der Waals surface area contributed by atoms with Crippen molar-refractivity contribution in [3.63, 3.8) is 0 Å². The maximum atomic E-state index is 8.92. The van der Waals surface area contributed by atoms with E-state index in [-0.39, 0.29) is 0 Å². The van der Waals surface area contributed by atoms with Crippen LogP contribution in [0.5, 0.6) is 0 Å². The van der Waals surface area contributed by atoms with E-state index in [2.05, 4.69) is 10.6 Å². The second kappa shape index (κ2) is 3.41. The molecule has 1 saturated heterocycles. The molecular weight excluding hydrogens is 136 g/mol. The predicted octanol–water partition coefficient (Wildman–Crippen LogP) is 0.271. The molecule has 0 atom stereocenters. The average molecular weight is 148 g/mol. The van der Waals surface area contributed by atoms with E-state index in [1.165, 1.54) is 5.06 Å². The summed E-state index contributed by atoms with van der Waals surface area (Å²) in [5.74, 6) is 0. The van der Waals surface area contributed by atoms with Gasteiger partial charge in [0.05, 0.1) is 0 Å². The van der Waals surface area contributed by atoms with Gasteiger partial charge in [-0.3, -0.25) is 0 Å².